The lowest BCUT2D eigenvalue weighted by atomic mass is 9.98. The summed E-state index contributed by atoms with van der Waals surface area (Å²) in [6.45, 7) is 0.281. The summed E-state index contributed by atoms with van der Waals surface area (Å²) in [5.74, 6) is -2.04. The predicted molar refractivity (Wildman–Crippen MR) is 81.4 cm³/mol. The van der Waals surface area contributed by atoms with Gasteiger partial charge < -0.3 is 15.6 Å². The molecule has 0 amide bonds. The van der Waals surface area contributed by atoms with Gasteiger partial charge in [-0.1, -0.05) is 42.5 Å². The van der Waals surface area contributed by atoms with Crippen molar-refractivity contribution in [1.29, 1.82) is 0 Å². The molecule has 2 rings (SSSR count). The largest absolute Gasteiger partial charge is 0.478 e. The van der Waals surface area contributed by atoms with E-state index in [0.29, 0.717) is 5.56 Å². The first kappa shape index (κ1) is 15.7. The van der Waals surface area contributed by atoms with Gasteiger partial charge in [0.1, 0.15) is 6.61 Å². The van der Waals surface area contributed by atoms with Crippen LogP contribution in [0.4, 0.5) is 0 Å². The van der Waals surface area contributed by atoms with Crippen molar-refractivity contribution in [3.63, 3.8) is 0 Å². The van der Waals surface area contributed by atoms with Crippen LogP contribution in [0.2, 0.25) is 0 Å². The lowest BCUT2D eigenvalue weighted by Crippen LogP contribution is -2.23. The molecule has 0 fully saturated rings. The van der Waals surface area contributed by atoms with E-state index < -0.39 is 17.9 Å². The number of esters is 1. The summed E-state index contributed by atoms with van der Waals surface area (Å²) in [5.41, 5.74) is 7.36. The fraction of sp³-hybridized carbons (Fsp3) is 0.176. The fourth-order valence-electron chi connectivity index (χ4n) is 2.06. The normalized spacial score (nSPS) is 11.7. The number of benzene rings is 2. The SMILES string of the molecule is NC[C@H](C(=O)OCc1ccccc1)c1ccc(C(=O)O)cc1. The molecule has 114 valence electrons. The second kappa shape index (κ2) is 7.38. The van der Waals surface area contributed by atoms with Crippen LogP contribution in [0.1, 0.15) is 27.4 Å². The Morgan fingerprint density at radius 3 is 2.23 bits per heavy atom. The van der Waals surface area contributed by atoms with Gasteiger partial charge in [-0.05, 0) is 23.3 Å². The number of carbonyl (C=O) groups is 2. The number of ether oxygens (including phenoxy) is 1. The van der Waals surface area contributed by atoms with Crippen molar-refractivity contribution in [3.05, 3.63) is 71.3 Å². The molecule has 0 saturated heterocycles. The summed E-state index contributed by atoms with van der Waals surface area (Å²) in [6.07, 6.45) is 0. The van der Waals surface area contributed by atoms with Gasteiger partial charge in [0.05, 0.1) is 11.5 Å². The molecule has 0 aliphatic rings. The van der Waals surface area contributed by atoms with E-state index in [1.807, 2.05) is 30.3 Å². The number of carbonyl (C=O) groups excluding carboxylic acids is 1. The molecule has 0 unspecified atom stereocenters. The van der Waals surface area contributed by atoms with E-state index in [0.717, 1.165) is 5.56 Å². The number of aromatic carboxylic acids is 1. The Hall–Kier alpha value is -2.66. The average Bonchev–Trinajstić information content (AvgIpc) is 2.55. The van der Waals surface area contributed by atoms with E-state index >= 15 is 0 Å². The summed E-state index contributed by atoms with van der Waals surface area (Å²) < 4.78 is 5.28. The van der Waals surface area contributed by atoms with Gasteiger partial charge in [0.25, 0.3) is 0 Å². The van der Waals surface area contributed by atoms with Crippen LogP contribution in [-0.4, -0.2) is 23.6 Å². The molecule has 0 aliphatic carbocycles. The number of carboxylic acid groups (broad SMARTS) is 1. The van der Waals surface area contributed by atoms with Crippen molar-refractivity contribution in [2.75, 3.05) is 6.54 Å². The number of carboxylic acids is 1. The number of hydrogen-bond acceptors (Lipinski definition) is 4. The van der Waals surface area contributed by atoms with Crippen molar-refractivity contribution in [3.8, 4) is 0 Å². The van der Waals surface area contributed by atoms with Crippen molar-refractivity contribution >= 4 is 11.9 Å². The highest BCUT2D eigenvalue weighted by Crippen LogP contribution is 2.18. The van der Waals surface area contributed by atoms with E-state index in [9.17, 15) is 9.59 Å². The minimum Gasteiger partial charge on any atom is -0.478 e. The zero-order valence-corrected chi connectivity index (χ0v) is 11.9. The summed E-state index contributed by atoms with van der Waals surface area (Å²) in [5, 5.41) is 8.87. The van der Waals surface area contributed by atoms with E-state index in [-0.39, 0.29) is 18.7 Å². The molecule has 1 atom stereocenters. The molecule has 3 N–H and O–H groups in total. The summed E-state index contributed by atoms with van der Waals surface area (Å²) in [4.78, 5) is 23.0. The van der Waals surface area contributed by atoms with Crippen LogP contribution < -0.4 is 5.73 Å². The predicted octanol–water partition coefficient (Wildman–Crippen LogP) is 2.17. The first-order chi connectivity index (χ1) is 10.6. The van der Waals surface area contributed by atoms with E-state index in [2.05, 4.69) is 0 Å². The van der Waals surface area contributed by atoms with Crippen LogP contribution in [0, 0.1) is 0 Å². The Bertz CT molecular complexity index is 637. The molecule has 5 heteroatoms. The van der Waals surface area contributed by atoms with Gasteiger partial charge in [-0.25, -0.2) is 4.79 Å². The minimum atomic E-state index is -1.01. The Labute approximate surface area is 128 Å². The third-order valence-corrected chi connectivity index (χ3v) is 3.30. The van der Waals surface area contributed by atoms with Crippen LogP contribution in [0.3, 0.4) is 0 Å². The van der Waals surface area contributed by atoms with Crippen LogP contribution in [0.25, 0.3) is 0 Å². The van der Waals surface area contributed by atoms with Gasteiger partial charge in [-0.15, -0.1) is 0 Å². The topological polar surface area (TPSA) is 89.6 Å². The molecule has 5 nitrogen and oxygen atoms in total. The maximum Gasteiger partial charge on any atom is 0.335 e. The molecular formula is C17H17NO4. The van der Waals surface area contributed by atoms with E-state index in [4.69, 9.17) is 15.6 Å². The summed E-state index contributed by atoms with van der Waals surface area (Å²) >= 11 is 0. The molecule has 2 aromatic rings. The number of rotatable bonds is 6. The zero-order chi connectivity index (χ0) is 15.9. The molecule has 0 radical (unpaired) electrons. The van der Waals surface area contributed by atoms with Crippen LogP contribution in [0.5, 0.6) is 0 Å². The minimum absolute atomic E-state index is 0.0973. The van der Waals surface area contributed by atoms with Gasteiger partial charge in [0.2, 0.25) is 0 Å². The second-order valence-electron chi connectivity index (χ2n) is 4.81. The molecule has 22 heavy (non-hydrogen) atoms. The highest BCUT2D eigenvalue weighted by Gasteiger charge is 2.21. The summed E-state index contributed by atoms with van der Waals surface area (Å²) in [6, 6.07) is 15.4. The Kier molecular flexibility index (Phi) is 5.27. The van der Waals surface area contributed by atoms with Crippen molar-refractivity contribution < 1.29 is 19.4 Å². The van der Waals surface area contributed by atoms with Crippen molar-refractivity contribution in [2.45, 2.75) is 12.5 Å². The summed E-state index contributed by atoms with van der Waals surface area (Å²) in [7, 11) is 0. The van der Waals surface area contributed by atoms with E-state index in [1.165, 1.54) is 12.1 Å². The molecule has 0 spiro atoms. The van der Waals surface area contributed by atoms with Crippen LogP contribution in [0.15, 0.2) is 54.6 Å². The van der Waals surface area contributed by atoms with Crippen LogP contribution >= 0.6 is 0 Å². The monoisotopic (exact) mass is 299 g/mol. The number of nitrogens with two attached hydrogens (primary N) is 1. The molecule has 0 aromatic heterocycles. The highest BCUT2D eigenvalue weighted by molar-refractivity contribution is 5.88. The van der Waals surface area contributed by atoms with E-state index in [1.54, 1.807) is 12.1 Å². The second-order valence-corrected chi connectivity index (χ2v) is 4.81. The third kappa shape index (κ3) is 3.93. The van der Waals surface area contributed by atoms with Gasteiger partial charge in [0.15, 0.2) is 0 Å². The fourth-order valence-corrected chi connectivity index (χ4v) is 2.06. The molecule has 0 aliphatic heterocycles. The Balaban J connectivity index is 2.03. The first-order valence-corrected chi connectivity index (χ1v) is 6.85. The van der Waals surface area contributed by atoms with Gasteiger partial charge in [-0.2, -0.15) is 0 Å². The van der Waals surface area contributed by atoms with Crippen molar-refractivity contribution in [2.24, 2.45) is 5.73 Å². The molecular weight excluding hydrogens is 282 g/mol. The number of hydrogen-bond donors (Lipinski definition) is 2. The lowest BCUT2D eigenvalue weighted by molar-refractivity contribution is -0.146. The standard InChI is InChI=1S/C17H17NO4/c18-10-15(13-6-8-14(9-7-13)16(19)20)17(21)22-11-12-4-2-1-3-5-12/h1-9,15H,10-11,18H2,(H,19,20)/t15-/m0/s1. The quantitative estimate of drug-likeness (QED) is 0.798. The molecule has 2 aromatic carbocycles. The van der Waals surface area contributed by atoms with Gasteiger partial charge >= 0.3 is 11.9 Å². The smallest absolute Gasteiger partial charge is 0.335 e. The first-order valence-electron chi connectivity index (χ1n) is 6.85. The molecule has 0 bridgehead atoms. The Morgan fingerprint density at radius 2 is 1.68 bits per heavy atom. The van der Waals surface area contributed by atoms with Gasteiger partial charge in [0, 0.05) is 6.54 Å². The molecule has 0 saturated carbocycles. The highest BCUT2D eigenvalue weighted by atomic mass is 16.5. The average molecular weight is 299 g/mol. The Morgan fingerprint density at radius 1 is 1.05 bits per heavy atom. The third-order valence-electron chi connectivity index (χ3n) is 3.30. The zero-order valence-electron chi connectivity index (χ0n) is 11.9. The van der Waals surface area contributed by atoms with Gasteiger partial charge in [-0.3, -0.25) is 4.79 Å². The van der Waals surface area contributed by atoms with Crippen LogP contribution in [-0.2, 0) is 16.1 Å². The maximum atomic E-state index is 12.1. The lowest BCUT2D eigenvalue weighted by Gasteiger charge is -2.14. The maximum absolute atomic E-state index is 12.1. The van der Waals surface area contributed by atoms with Crippen molar-refractivity contribution in [1.82, 2.24) is 0 Å². The molecule has 0 heterocycles.